The van der Waals surface area contributed by atoms with Gasteiger partial charge in [0.15, 0.2) is 0 Å². The molecule has 22 heavy (non-hydrogen) atoms. The number of unbranched alkanes of at least 4 members (excludes halogenated alkanes) is 7. The molecule has 128 valence electrons. The van der Waals surface area contributed by atoms with Crippen molar-refractivity contribution >= 4 is 5.91 Å². The molecule has 3 nitrogen and oxygen atoms in total. The van der Waals surface area contributed by atoms with Gasteiger partial charge in [-0.1, -0.05) is 44.3 Å². The van der Waals surface area contributed by atoms with Crippen LogP contribution in [0.3, 0.4) is 0 Å². The highest BCUT2D eigenvalue weighted by atomic mass is 16.5. The summed E-state index contributed by atoms with van der Waals surface area (Å²) in [5.41, 5.74) is 0. The third kappa shape index (κ3) is 8.57. The van der Waals surface area contributed by atoms with E-state index >= 15 is 0 Å². The average Bonchev–Trinajstić information content (AvgIpc) is 2.48. The van der Waals surface area contributed by atoms with E-state index in [0.717, 1.165) is 19.5 Å². The highest BCUT2D eigenvalue weighted by molar-refractivity contribution is 5.76. The molecule has 1 aliphatic heterocycles. The van der Waals surface area contributed by atoms with Crippen molar-refractivity contribution in [2.24, 2.45) is 0 Å². The summed E-state index contributed by atoms with van der Waals surface area (Å²) in [6.45, 7) is 7.70. The maximum Gasteiger partial charge on any atom is 0.222 e. The quantitative estimate of drug-likeness (QED) is 0.432. The van der Waals surface area contributed by atoms with Gasteiger partial charge in [-0.3, -0.25) is 4.79 Å². The van der Waals surface area contributed by atoms with Crippen LogP contribution in [-0.2, 0) is 9.53 Å². The van der Waals surface area contributed by atoms with Gasteiger partial charge in [-0.2, -0.15) is 0 Å². The van der Waals surface area contributed by atoms with Crippen LogP contribution in [0.25, 0.3) is 0 Å². The van der Waals surface area contributed by atoms with E-state index in [2.05, 4.69) is 19.1 Å². The number of amides is 1. The van der Waals surface area contributed by atoms with Gasteiger partial charge in [0.2, 0.25) is 5.91 Å². The van der Waals surface area contributed by atoms with E-state index < -0.39 is 0 Å². The monoisotopic (exact) mass is 309 g/mol. The number of morpholine rings is 1. The van der Waals surface area contributed by atoms with E-state index in [1.54, 1.807) is 0 Å². The fourth-order valence-electron chi connectivity index (χ4n) is 3.13. The molecule has 0 aromatic heterocycles. The first kappa shape index (κ1) is 19.2. The molecule has 2 atom stereocenters. The minimum Gasteiger partial charge on any atom is -0.372 e. The molecular weight excluding hydrogens is 274 g/mol. The minimum atomic E-state index is 0.176. The summed E-state index contributed by atoms with van der Waals surface area (Å²) in [5.74, 6) is 0.313. The highest BCUT2D eigenvalue weighted by Crippen LogP contribution is 2.14. The SMILES string of the molecule is CC=CCCCCCCCCCC(=O)N1CC(C)OC(C)C1. The van der Waals surface area contributed by atoms with Crippen molar-refractivity contribution in [3.05, 3.63) is 12.2 Å². The van der Waals surface area contributed by atoms with Crippen molar-refractivity contribution in [2.45, 2.75) is 90.8 Å². The van der Waals surface area contributed by atoms with E-state index in [0.29, 0.717) is 12.3 Å². The number of carbonyl (C=O) groups is 1. The third-order valence-corrected chi connectivity index (χ3v) is 4.27. The average molecular weight is 309 g/mol. The van der Waals surface area contributed by atoms with Crippen LogP contribution >= 0.6 is 0 Å². The van der Waals surface area contributed by atoms with E-state index in [9.17, 15) is 4.79 Å². The molecule has 1 saturated heterocycles. The smallest absolute Gasteiger partial charge is 0.222 e. The largest absolute Gasteiger partial charge is 0.372 e. The van der Waals surface area contributed by atoms with Gasteiger partial charge < -0.3 is 9.64 Å². The van der Waals surface area contributed by atoms with Gasteiger partial charge in [-0.25, -0.2) is 0 Å². The summed E-state index contributed by atoms with van der Waals surface area (Å²) < 4.78 is 5.67. The Morgan fingerprint density at radius 1 is 1.00 bits per heavy atom. The molecule has 1 aliphatic rings. The molecule has 3 heteroatoms. The van der Waals surface area contributed by atoms with Gasteiger partial charge in [0.25, 0.3) is 0 Å². The standard InChI is InChI=1S/C19H35NO2/c1-4-5-6-7-8-9-10-11-12-13-14-19(21)20-15-17(2)22-18(3)16-20/h4-5,17-18H,6-16H2,1-3H3. The number of hydrogen-bond acceptors (Lipinski definition) is 2. The first-order chi connectivity index (χ1) is 10.6. The van der Waals surface area contributed by atoms with Crippen LogP contribution in [0, 0.1) is 0 Å². The van der Waals surface area contributed by atoms with E-state index in [1.807, 2.05) is 18.7 Å². The summed E-state index contributed by atoms with van der Waals surface area (Å²) in [4.78, 5) is 14.2. The Morgan fingerprint density at radius 2 is 1.55 bits per heavy atom. The molecule has 2 unspecified atom stereocenters. The van der Waals surface area contributed by atoms with Gasteiger partial charge >= 0.3 is 0 Å². The van der Waals surface area contributed by atoms with Gasteiger partial charge in [0, 0.05) is 19.5 Å². The van der Waals surface area contributed by atoms with Crippen LogP contribution in [0.15, 0.2) is 12.2 Å². The number of allylic oxidation sites excluding steroid dienone is 2. The maximum absolute atomic E-state index is 12.2. The number of nitrogens with zero attached hydrogens (tertiary/aromatic N) is 1. The predicted octanol–water partition coefficient (Wildman–Crippen LogP) is 4.71. The number of rotatable bonds is 10. The molecule has 0 bridgehead atoms. The lowest BCUT2D eigenvalue weighted by atomic mass is 10.1. The Kier molecular flexibility index (Phi) is 10.2. The van der Waals surface area contributed by atoms with Gasteiger partial charge in [0.05, 0.1) is 12.2 Å². The lowest BCUT2D eigenvalue weighted by Gasteiger charge is -2.35. The second-order valence-electron chi connectivity index (χ2n) is 6.64. The Balaban J connectivity index is 1.96. The second kappa shape index (κ2) is 11.7. The predicted molar refractivity (Wildman–Crippen MR) is 93.0 cm³/mol. The zero-order valence-corrected chi connectivity index (χ0v) is 14.9. The van der Waals surface area contributed by atoms with Crippen molar-refractivity contribution in [1.82, 2.24) is 4.90 Å². The normalized spacial score (nSPS) is 22.4. The van der Waals surface area contributed by atoms with E-state index in [1.165, 1.54) is 44.9 Å². The number of carbonyl (C=O) groups excluding carboxylic acids is 1. The zero-order chi connectivity index (χ0) is 16.2. The number of ether oxygens (including phenoxy) is 1. The minimum absolute atomic E-state index is 0.176. The molecule has 0 N–H and O–H groups in total. The molecule has 1 rings (SSSR count). The van der Waals surface area contributed by atoms with Crippen LogP contribution in [0.4, 0.5) is 0 Å². The first-order valence-electron chi connectivity index (χ1n) is 9.18. The molecule has 0 radical (unpaired) electrons. The van der Waals surface area contributed by atoms with Gasteiger partial charge in [-0.15, -0.1) is 0 Å². The molecule has 0 aromatic rings. The summed E-state index contributed by atoms with van der Waals surface area (Å²) in [5, 5.41) is 0. The zero-order valence-electron chi connectivity index (χ0n) is 14.9. The molecule has 0 aliphatic carbocycles. The molecule has 1 fully saturated rings. The number of hydrogen-bond donors (Lipinski definition) is 0. The van der Waals surface area contributed by atoms with Gasteiger partial charge in [-0.05, 0) is 40.0 Å². The van der Waals surface area contributed by atoms with Crippen LogP contribution in [0.5, 0.6) is 0 Å². The lowest BCUT2D eigenvalue weighted by Crippen LogP contribution is -2.48. The van der Waals surface area contributed by atoms with Crippen molar-refractivity contribution < 1.29 is 9.53 Å². The van der Waals surface area contributed by atoms with Crippen LogP contribution < -0.4 is 0 Å². The molecule has 0 spiro atoms. The molecular formula is C19H35NO2. The maximum atomic E-state index is 12.2. The summed E-state index contributed by atoms with van der Waals surface area (Å²) in [6, 6.07) is 0. The Labute approximate surface area is 137 Å². The highest BCUT2D eigenvalue weighted by Gasteiger charge is 2.25. The molecule has 0 saturated carbocycles. The topological polar surface area (TPSA) is 29.5 Å². The molecule has 1 heterocycles. The van der Waals surface area contributed by atoms with E-state index in [4.69, 9.17) is 4.74 Å². The Bertz CT molecular complexity index is 317. The van der Waals surface area contributed by atoms with Crippen LogP contribution in [0.1, 0.15) is 78.6 Å². The van der Waals surface area contributed by atoms with Crippen molar-refractivity contribution in [3.63, 3.8) is 0 Å². The lowest BCUT2D eigenvalue weighted by molar-refractivity contribution is -0.143. The van der Waals surface area contributed by atoms with Crippen molar-refractivity contribution in [3.8, 4) is 0 Å². The summed E-state index contributed by atoms with van der Waals surface area (Å²) in [6.07, 6.45) is 15.5. The summed E-state index contributed by atoms with van der Waals surface area (Å²) >= 11 is 0. The Morgan fingerprint density at radius 3 is 2.14 bits per heavy atom. The third-order valence-electron chi connectivity index (χ3n) is 4.27. The summed E-state index contributed by atoms with van der Waals surface area (Å²) in [7, 11) is 0. The fourth-order valence-corrected chi connectivity index (χ4v) is 3.13. The Hall–Kier alpha value is -0.830. The van der Waals surface area contributed by atoms with Crippen LogP contribution in [0.2, 0.25) is 0 Å². The van der Waals surface area contributed by atoms with E-state index in [-0.39, 0.29) is 12.2 Å². The van der Waals surface area contributed by atoms with Crippen molar-refractivity contribution in [2.75, 3.05) is 13.1 Å². The molecule has 0 aromatic carbocycles. The first-order valence-corrected chi connectivity index (χ1v) is 9.18. The van der Waals surface area contributed by atoms with Crippen LogP contribution in [-0.4, -0.2) is 36.1 Å². The van der Waals surface area contributed by atoms with Crippen molar-refractivity contribution in [1.29, 1.82) is 0 Å². The van der Waals surface area contributed by atoms with Gasteiger partial charge in [0.1, 0.15) is 0 Å². The second-order valence-corrected chi connectivity index (χ2v) is 6.64. The fraction of sp³-hybridized carbons (Fsp3) is 0.842. The molecule has 1 amide bonds.